The SMILES string of the molecule is CC(C)n1c(CC2NCCNC2=O)nc2cccc(Cl)c21. The molecule has 21 heavy (non-hydrogen) atoms. The number of benzene rings is 1. The van der Waals surface area contributed by atoms with Crippen LogP contribution in [0.2, 0.25) is 5.02 Å². The second-order valence-corrected chi connectivity index (χ2v) is 6.01. The van der Waals surface area contributed by atoms with Crippen LogP contribution in [0.3, 0.4) is 0 Å². The van der Waals surface area contributed by atoms with Gasteiger partial charge in [0.2, 0.25) is 5.91 Å². The summed E-state index contributed by atoms with van der Waals surface area (Å²) in [5.74, 6) is 0.928. The molecule has 2 aromatic rings. The normalized spacial score (nSPS) is 19.2. The van der Waals surface area contributed by atoms with Crippen LogP contribution in [0.4, 0.5) is 0 Å². The van der Waals surface area contributed by atoms with Crippen molar-refractivity contribution in [3.63, 3.8) is 0 Å². The number of para-hydroxylation sites is 1. The molecule has 0 spiro atoms. The number of piperazine rings is 1. The topological polar surface area (TPSA) is 59.0 Å². The standard InChI is InChI=1S/C15H19ClN4O/c1-9(2)20-13(8-12-15(21)18-7-6-17-12)19-11-5-3-4-10(16)14(11)20/h3-5,9,12,17H,6-8H2,1-2H3,(H,18,21). The van der Waals surface area contributed by atoms with Gasteiger partial charge in [0.1, 0.15) is 5.82 Å². The van der Waals surface area contributed by atoms with Crippen LogP contribution in [-0.4, -0.2) is 34.6 Å². The van der Waals surface area contributed by atoms with Gasteiger partial charge in [-0.25, -0.2) is 4.98 Å². The van der Waals surface area contributed by atoms with Gasteiger partial charge >= 0.3 is 0 Å². The molecule has 1 saturated heterocycles. The first-order valence-corrected chi connectivity index (χ1v) is 7.62. The number of hydrogen-bond donors (Lipinski definition) is 2. The fourth-order valence-electron chi connectivity index (χ4n) is 2.85. The molecule has 1 unspecified atom stereocenters. The molecule has 1 fully saturated rings. The fourth-order valence-corrected chi connectivity index (χ4v) is 3.11. The third-order valence-corrected chi connectivity index (χ3v) is 4.07. The lowest BCUT2D eigenvalue weighted by atomic mass is 10.1. The van der Waals surface area contributed by atoms with Gasteiger partial charge in [-0.2, -0.15) is 0 Å². The average Bonchev–Trinajstić information content (AvgIpc) is 2.81. The van der Waals surface area contributed by atoms with Crippen molar-refractivity contribution in [2.24, 2.45) is 0 Å². The molecule has 1 aromatic carbocycles. The summed E-state index contributed by atoms with van der Waals surface area (Å²) in [6.45, 7) is 5.67. The Morgan fingerprint density at radius 2 is 2.24 bits per heavy atom. The Morgan fingerprint density at radius 1 is 1.43 bits per heavy atom. The Morgan fingerprint density at radius 3 is 2.95 bits per heavy atom. The Labute approximate surface area is 128 Å². The minimum Gasteiger partial charge on any atom is -0.353 e. The molecule has 1 aliphatic rings. The van der Waals surface area contributed by atoms with Crippen molar-refractivity contribution in [1.82, 2.24) is 20.2 Å². The van der Waals surface area contributed by atoms with Crippen molar-refractivity contribution >= 4 is 28.5 Å². The van der Waals surface area contributed by atoms with Crippen LogP contribution < -0.4 is 10.6 Å². The highest BCUT2D eigenvalue weighted by atomic mass is 35.5. The van der Waals surface area contributed by atoms with Crippen LogP contribution in [0.1, 0.15) is 25.7 Å². The smallest absolute Gasteiger partial charge is 0.237 e. The summed E-state index contributed by atoms with van der Waals surface area (Å²) >= 11 is 6.34. The quantitative estimate of drug-likeness (QED) is 0.910. The van der Waals surface area contributed by atoms with Crippen LogP contribution in [0.25, 0.3) is 11.0 Å². The maximum absolute atomic E-state index is 11.9. The lowest BCUT2D eigenvalue weighted by molar-refractivity contribution is -0.124. The van der Waals surface area contributed by atoms with E-state index in [2.05, 4.69) is 34.0 Å². The minimum absolute atomic E-state index is 0.0368. The van der Waals surface area contributed by atoms with Gasteiger partial charge in [0.25, 0.3) is 0 Å². The number of rotatable bonds is 3. The Kier molecular flexibility index (Phi) is 3.87. The number of carbonyl (C=O) groups excluding carboxylic acids is 1. The first kappa shape index (κ1) is 14.4. The first-order valence-electron chi connectivity index (χ1n) is 7.24. The zero-order valence-corrected chi connectivity index (χ0v) is 12.9. The third kappa shape index (κ3) is 2.63. The molecule has 6 heteroatoms. The van der Waals surface area contributed by atoms with E-state index in [1.165, 1.54) is 0 Å². The van der Waals surface area contributed by atoms with E-state index in [4.69, 9.17) is 11.6 Å². The van der Waals surface area contributed by atoms with E-state index in [1.54, 1.807) is 0 Å². The van der Waals surface area contributed by atoms with Crippen molar-refractivity contribution in [2.45, 2.75) is 32.4 Å². The summed E-state index contributed by atoms with van der Waals surface area (Å²) in [5.41, 5.74) is 1.82. The number of amides is 1. The number of nitrogens with zero attached hydrogens (tertiary/aromatic N) is 2. The van der Waals surface area contributed by atoms with E-state index in [-0.39, 0.29) is 18.0 Å². The number of carbonyl (C=O) groups is 1. The van der Waals surface area contributed by atoms with Crippen LogP contribution in [0, 0.1) is 0 Å². The second-order valence-electron chi connectivity index (χ2n) is 5.60. The molecular weight excluding hydrogens is 288 g/mol. The van der Waals surface area contributed by atoms with E-state index >= 15 is 0 Å². The van der Waals surface area contributed by atoms with E-state index in [9.17, 15) is 4.79 Å². The van der Waals surface area contributed by atoms with Crippen LogP contribution in [0.15, 0.2) is 18.2 Å². The van der Waals surface area contributed by atoms with Gasteiger partial charge in [0, 0.05) is 25.6 Å². The summed E-state index contributed by atoms with van der Waals surface area (Å²) in [5, 5.41) is 6.82. The summed E-state index contributed by atoms with van der Waals surface area (Å²) in [6, 6.07) is 5.73. The maximum atomic E-state index is 11.9. The van der Waals surface area contributed by atoms with E-state index < -0.39 is 0 Å². The van der Waals surface area contributed by atoms with Crippen molar-refractivity contribution < 1.29 is 4.79 Å². The number of aromatic nitrogens is 2. The molecule has 0 bridgehead atoms. The van der Waals surface area contributed by atoms with Gasteiger partial charge in [-0.05, 0) is 26.0 Å². The highest BCUT2D eigenvalue weighted by Crippen LogP contribution is 2.28. The molecule has 1 atom stereocenters. The van der Waals surface area contributed by atoms with Crippen molar-refractivity contribution in [3.8, 4) is 0 Å². The molecule has 5 nitrogen and oxygen atoms in total. The Bertz CT molecular complexity index is 680. The molecule has 0 saturated carbocycles. The van der Waals surface area contributed by atoms with Gasteiger partial charge < -0.3 is 15.2 Å². The van der Waals surface area contributed by atoms with Crippen LogP contribution >= 0.6 is 11.6 Å². The minimum atomic E-state index is -0.230. The zero-order chi connectivity index (χ0) is 15.0. The summed E-state index contributed by atoms with van der Waals surface area (Å²) < 4.78 is 2.13. The highest BCUT2D eigenvalue weighted by molar-refractivity contribution is 6.35. The van der Waals surface area contributed by atoms with Crippen LogP contribution in [0.5, 0.6) is 0 Å². The zero-order valence-electron chi connectivity index (χ0n) is 12.2. The van der Waals surface area contributed by atoms with Crippen molar-refractivity contribution in [3.05, 3.63) is 29.0 Å². The molecule has 2 N–H and O–H groups in total. The van der Waals surface area contributed by atoms with Crippen molar-refractivity contribution in [1.29, 1.82) is 0 Å². The molecular formula is C15H19ClN4O. The Hall–Kier alpha value is -1.59. The maximum Gasteiger partial charge on any atom is 0.237 e. The van der Waals surface area contributed by atoms with Gasteiger partial charge in [-0.15, -0.1) is 0 Å². The lowest BCUT2D eigenvalue weighted by Gasteiger charge is -2.24. The van der Waals surface area contributed by atoms with Crippen molar-refractivity contribution in [2.75, 3.05) is 13.1 Å². The molecule has 1 aromatic heterocycles. The predicted molar refractivity (Wildman–Crippen MR) is 83.6 cm³/mol. The molecule has 3 rings (SSSR count). The molecule has 0 aliphatic carbocycles. The van der Waals surface area contributed by atoms with Gasteiger partial charge in [-0.1, -0.05) is 17.7 Å². The number of fused-ring (bicyclic) bond motifs is 1. The van der Waals surface area contributed by atoms with Gasteiger partial charge in [0.15, 0.2) is 0 Å². The van der Waals surface area contributed by atoms with E-state index in [0.717, 1.165) is 23.4 Å². The first-order chi connectivity index (χ1) is 10.1. The molecule has 112 valence electrons. The third-order valence-electron chi connectivity index (χ3n) is 3.77. The lowest BCUT2D eigenvalue weighted by Crippen LogP contribution is -2.54. The molecule has 1 aliphatic heterocycles. The second kappa shape index (κ2) is 5.66. The van der Waals surface area contributed by atoms with Crippen LogP contribution in [-0.2, 0) is 11.2 Å². The average molecular weight is 307 g/mol. The van der Waals surface area contributed by atoms with E-state index in [0.29, 0.717) is 18.0 Å². The summed E-state index contributed by atoms with van der Waals surface area (Å²) in [7, 11) is 0. The Balaban J connectivity index is 2.03. The summed E-state index contributed by atoms with van der Waals surface area (Å²) in [6.07, 6.45) is 0.565. The van der Waals surface area contributed by atoms with Gasteiger partial charge in [-0.3, -0.25) is 4.79 Å². The van der Waals surface area contributed by atoms with E-state index in [1.807, 2.05) is 18.2 Å². The number of nitrogens with one attached hydrogen (secondary N) is 2. The molecule has 1 amide bonds. The van der Waals surface area contributed by atoms with Gasteiger partial charge in [0.05, 0.1) is 22.1 Å². The number of imidazole rings is 1. The fraction of sp³-hybridized carbons (Fsp3) is 0.467. The largest absolute Gasteiger partial charge is 0.353 e. The number of halogens is 1. The summed E-state index contributed by atoms with van der Waals surface area (Å²) in [4.78, 5) is 16.6. The molecule has 2 heterocycles. The predicted octanol–water partition coefficient (Wildman–Crippen LogP) is 1.90. The monoisotopic (exact) mass is 306 g/mol. The highest BCUT2D eigenvalue weighted by Gasteiger charge is 2.25. The number of hydrogen-bond acceptors (Lipinski definition) is 3. The molecule has 0 radical (unpaired) electrons.